The van der Waals surface area contributed by atoms with Crippen LogP contribution in [0.2, 0.25) is 0 Å². The molecule has 112 valence electrons. The molecule has 1 N–H and O–H groups in total. The number of methoxy groups -OCH3 is 1. The predicted octanol–water partition coefficient (Wildman–Crippen LogP) is 3.86. The summed E-state index contributed by atoms with van der Waals surface area (Å²) in [5.74, 6) is 0.703. The van der Waals surface area contributed by atoms with E-state index in [-0.39, 0.29) is 0 Å². The Morgan fingerprint density at radius 3 is 2.48 bits per heavy atom. The Labute approximate surface area is 124 Å². The summed E-state index contributed by atoms with van der Waals surface area (Å²) in [6.45, 7) is 2.25. The molecule has 0 amide bonds. The van der Waals surface area contributed by atoms with Gasteiger partial charge in [-0.15, -0.1) is 0 Å². The van der Waals surface area contributed by atoms with Gasteiger partial charge in [0.2, 0.25) is 0 Å². The van der Waals surface area contributed by atoms with Crippen LogP contribution in [0.3, 0.4) is 0 Å². The molecule has 2 aromatic rings. The van der Waals surface area contributed by atoms with Gasteiger partial charge in [0, 0.05) is 12.7 Å². The highest BCUT2D eigenvalue weighted by Gasteiger charge is 2.11. The fraction of sp³-hybridized carbons (Fsp3) is 0.294. The van der Waals surface area contributed by atoms with E-state index in [0.717, 1.165) is 12.0 Å². The third-order valence-corrected chi connectivity index (χ3v) is 3.17. The quantitative estimate of drug-likeness (QED) is 0.878. The third-order valence-electron chi connectivity index (χ3n) is 3.17. The number of aliphatic hydroxyl groups excluding tert-OH is 1. The minimum absolute atomic E-state index is 0.395. The second-order valence-corrected chi connectivity index (χ2v) is 4.85. The van der Waals surface area contributed by atoms with Gasteiger partial charge >= 0.3 is 0 Å². The van der Waals surface area contributed by atoms with Crippen molar-refractivity contribution in [2.45, 2.75) is 19.4 Å². The SMILES string of the molecule is COCCc1ccc(Oc2ccc(F)cc2[C@@H](C)O)cc1. The summed E-state index contributed by atoms with van der Waals surface area (Å²) in [4.78, 5) is 0. The summed E-state index contributed by atoms with van der Waals surface area (Å²) in [5.41, 5.74) is 1.58. The Morgan fingerprint density at radius 2 is 1.86 bits per heavy atom. The standard InChI is InChI=1S/C17H19FO3/c1-12(19)16-11-14(18)5-8-17(16)21-15-6-3-13(4-7-15)9-10-20-2/h3-8,11-12,19H,9-10H2,1-2H3/t12-/m1/s1. The van der Waals surface area contributed by atoms with Gasteiger partial charge < -0.3 is 14.6 Å². The number of benzene rings is 2. The van der Waals surface area contributed by atoms with Crippen LogP contribution in [0.25, 0.3) is 0 Å². The van der Waals surface area contributed by atoms with Gasteiger partial charge in [-0.25, -0.2) is 4.39 Å². The fourth-order valence-electron chi connectivity index (χ4n) is 2.01. The maximum atomic E-state index is 13.2. The molecule has 21 heavy (non-hydrogen) atoms. The van der Waals surface area contributed by atoms with E-state index in [2.05, 4.69) is 0 Å². The predicted molar refractivity (Wildman–Crippen MR) is 79.1 cm³/mol. The number of aliphatic hydroxyl groups is 1. The minimum Gasteiger partial charge on any atom is -0.457 e. The van der Waals surface area contributed by atoms with Gasteiger partial charge in [0.1, 0.15) is 17.3 Å². The molecule has 0 aliphatic carbocycles. The molecule has 2 rings (SSSR count). The van der Waals surface area contributed by atoms with Crippen LogP contribution in [0.1, 0.15) is 24.2 Å². The first kappa shape index (κ1) is 15.5. The Balaban J connectivity index is 2.14. The lowest BCUT2D eigenvalue weighted by molar-refractivity contribution is 0.195. The lowest BCUT2D eigenvalue weighted by Gasteiger charge is -2.13. The molecule has 0 fully saturated rings. The molecule has 4 heteroatoms. The maximum Gasteiger partial charge on any atom is 0.133 e. The van der Waals surface area contributed by atoms with E-state index in [9.17, 15) is 9.50 Å². The second-order valence-electron chi connectivity index (χ2n) is 4.85. The minimum atomic E-state index is -0.795. The zero-order valence-electron chi connectivity index (χ0n) is 12.2. The van der Waals surface area contributed by atoms with Crippen LogP contribution in [-0.4, -0.2) is 18.8 Å². The normalized spacial score (nSPS) is 12.2. The van der Waals surface area contributed by atoms with Gasteiger partial charge in [-0.3, -0.25) is 0 Å². The van der Waals surface area contributed by atoms with Crippen LogP contribution in [0.5, 0.6) is 11.5 Å². The Bertz CT molecular complexity index is 579. The number of halogens is 1. The van der Waals surface area contributed by atoms with E-state index in [1.54, 1.807) is 14.0 Å². The molecule has 0 saturated heterocycles. The van der Waals surface area contributed by atoms with E-state index in [4.69, 9.17) is 9.47 Å². The zero-order valence-corrected chi connectivity index (χ0v) is 12.2. The van der Waals surface area contributed by atoms with Crippen molar-refractivity contribution < 1.29 is 19.0 Å². The van der Waals surface area contributed by atoms with Gasteiger partial charge in [0.05, 0.1) is 12.7 Å². The van der Waals surface area contributed by atoms with Gasteiger partial charge in [-0.1, -0.05) is 12.1 Å². The van der Waals surface area contributed by atoms with E-state index >= 15 is 0 Å². The summed E-state index contributed by atoms with van der Waals surface area (Å²) in [7, 11) is 1.67. The molecule has 2 aromatic carbocycles. The van der Waals surface area contributed by atoms with Gasteiger partial charge in [0.25, 0.3) is 0 Å². The van der Waals surface area contributed by atoms with Crippen molar-refractivity contribution in [3.8, 4) is 11.5 Å². The van der Waals surface area contributed by atoms with Crippen LogP contribution in [-0.2, 0) is 11.2 Å². The van der Waals surface area contributed by atoms with Crippen molar-refractivity contribution >= 4 is 0 Å². The van der Waals surface area contributed by atoms with E-state index in [0.29, 0.717) is 23.7 Å². The van der Waals surface area contributed by atoms with E-state index in [1.807, 2.05) is 24.3 Å². The Kier molecular flexibility index (Phi) is 5.31. The third kappa shape index (κ3) is 4.28. The zero-order chi connectivity index (χ0) is 15.2. The molecule has 0 aliphatic heterocycles. The number of ether oxygens (including phenoxy) is 2. The van der Waals surface area contributed by atoms with Crippen LogP contribution in [0, 0.1) is 5.82 Å². The molecular formula is C17H19FO3. The summed E-state index contributed by atoms with van der Waals surface area (Å²) in [6.07, 6.45) is 0.0448. The van der Waals surface area contributed by atoms with Crippen LogP contribution in [0.4, 0.5) is 4.39 Å². The van der Waals surface area contributed by atoms with Crippen molar-refractivity contribution in [2.24, 2.45) is 0 Å². The first-order valence-corrected chi connectivity index (χ1v) is 6.83. The van der Waals surface area contributed by atoms with Crippen LogP contribution in [0.15, 0.2) is 42.5 Å². The molecular weight excluding hydrogens is 271 g/mol. The summed E-state index contributed by atoms with van der Waals surface area (Å²) < 4.78 is 24.0. The summed E-state index contributed by atoms with van der Waals surface area (Å²) in [5, 5.41) is 9.69. The van der Waals surface area contributed by atoms with Crippen molar-refractivity contribution in [1.82, 2.24) is 0 Å². The smallest absolute Gasteiger partial charge is 0.133 e. The van der Waals surface area contributed by atoms with Gasteiger partial charge in [-0.05, 0) is 49.2 Å². The first-order valence-electron chi connectivity index (χ1n) is 6.83. The highest BCUT2D eigenvalue weighted by molar-refractivity contribution is 5.40. The van der Waals surface area contributed by atoms with E-state index < -0.39 is 11.9 Å². The maximum absolute atomic E-state index is 13.2. The molecule has 0 aliphatic rings. The number of hydrogen-bond donors (Lipinski definition) is 1. The van der Waals surface area contributed by atoms with Gasteiger partial charge in [-0.2, -0.15) is 0 Å². The van der Waals surface area contributed by atoms with Crippen molar-refractivity contribution in [3.05, 3.63) is 59.4 Å². The molecule has 0 saturated carbocycles. The number of hydrogen-bond acceptors (Lipinski definition) is 3. The van der Waals surface area contributed by atoms with Crippen LogP contribution >= 0.6 is 0 Å². The van der Waals surface area contributed by atoms with Crippen molar-refractivity contribution in [1.29, 1.82) is 0 Å². The second kappa shape index (κ2) is 7.20. The van der Waals surface area contributed by atoms with Crippen molar-refractivity contribution in [2.75, 3.05) is 13.7 Å². The largest absolute Gasteiger partial charge is 0.457 e. The molecule has 0 radical (unpaired) electrons. The molecule has 0 unspecified atom stereocenters. The van der Waals surface area contributed by atoms with Crippen LogP contribution < -0.4 is 4.74 Å². The van der Waals surface area contributed by atoms with E-state index in [1.165, 1.54) is 18.2 Å². The molecule has 3 nitrogen and oxygen atoms in total. The number of rotatable bonds is 6. The Hall–Kier alpha value is -1.91. The summed E-state index contributed by atoms with van der Waals surface area (Å²) >= 11 is 0. The molecule has 0 bridgehead atoms. The first-order chi connectivity index (χ1) is 10.1. The highest BCUT2D eigenvalue weighted by Crippen LogP contribution is 2.30. The average Bonchev–Trinajstić information content (AvgIpc) is 2.48. The lowest BCUT2D eigenvalue weighted by atomic mass is 10.1. The topological polar surface area (TPSA) is 38.7 Å². The molecule has 0 aromatic heterocycles. The molecule has 1 atom stereocenters. The van der Waals surface area contributed by atoms with Crippen molar-refractivity contribution in [3.63, 3.8) is 0 Å². The van der Waals surface area contributed by atoms with Gasteiger partial charge in [0.15, 0.2) is 0 Å². The monoisotopic (exact) mass is 290 g/mol. The summed E-state index contributed by atoms with van der Waals surface area (Å²) in [6, 6.07) is 11.7. The Morgan fingerprint density at radius 1 is 1.14 bits per heavy atom. The fourth-order valence-corrected chi connectivity index (χ4v) is 2.01. The average molecular weight is 290 g/mol. The molecule has 0 spiro atoms. The highest BCUT2D eigenvalue weighted by atomic mass is 19.1. The lowest BCUT2D eigenvalue weighted by Crippen LogP contribution is -1.98. The molecule has 0 heterocycles.